The van der Waals surface area contributed by atoms with Gasteiger partial charge in [0.1, 0.15) is 29.5 Å². The predicted octanol–water partition coefficient (Wildman–Crippen LogP) is 6.09. The molecule has 0 spiro atoms. The summed E-state index contributed by atoms with van der Waals surface area (Å²) >= 11 is 0. The Kier molecular flexibility index (Phi) is 11.5. The summed E-state index contributed by atoms with van der Waals surface area (Å²) in [6, 6.07) is 16.0. The summed E-state index contributed by atoms with van der Waals surface area (Å²) in [6.07, 6.45) is 3.07. The van der Waals surface area contributed by atoms with Crippen molar-refractivity contribution in [3.05, 3.63) is 83.2 Å². The summed E-state index contributed by atoms with van der Waals surface area (Å²) in [5, 5.41) is 3.23. The Bertz CT molecular complexity index is 1780. The van der Waals surface area contributed by atoms with Crippen LogP contribution < -0.4 is 14.4 Å². The summed E-state index contributed by atoms with van der Waals surface area (Å²) < 4.78 is 67.2. The fourth-order valence-electron chi connectivity index (χ4n) is 5.33. The number of nitrogens with one attached hydrogen (secondary N) is 1. The van der Waals surface area contributed by atoms with Gasteiger partial charge in [-0.25, -0.2) is 9.18 Å². The summed E-state index contributed by atoms with van der Waals surface area (Å²) in [6.45, 7) is 3.41. The van der Waals surface area contributed by atoms with E-state index in [1.54, 1.807) is 49.4 Å². The number of carbonyl (C=O) groups excluding carboxylic acids is 2. The second-order valence-corrected chi connectivity index (χ2v) is 13.2. The number of hydrogen-bond donors (Lipinski definition) is 2. The van der Waals surface area contributed by atoms with E-state index in [9.17, 15) is 22.7 Å². The fraction of sp³-hybridized carbons (Fsp3) is 0.371. The van der Waals surface area contributed by atoms with Crippen molar-refractivity contribution in [2.24, 2.45) is 0 Å². The molecule has 0 saturated heterocycles. The lowest BCUT2D eigenvalue weighted by Crippen LogP contribution is -2.38. The first-order valence-corrected chi connectivity index (χ1v) is 17.6. The van der Waals surface area contributed by atoms with Gasteiger partial charge in [-0.1, -0.05) is 6.07 Å². The molecule has 1 aliphatic carbocycles. The van der Waals surface area contributed by atoms with E-state index in [0.29, 0.717) is 52.3 Å². The molecule has 0 radical (unpaired) electrons. The minimum atomic E-state index is -3.48. The maximum absolute atomic E-state index is 13.7. The van der Waals surface area contributed by atoms with Crippen LogP contribution in [0.4, 0.5) is 10.1 Å². The molecule has 1 saturated carbocycles. The molecule has 1 atom stereocenters. The second kappa shape index (κ2) is 15.7. The maximum Gasteiger partial charge on any atom is 0.338 e. The third kappa shape index (κ3) is 8.58. The van der Waals surface area contributed by atoms with Crippen LogP contribution in [-0.2, 0) is 28.8 Å². The Labute approximate surface area is 279 Å². The quantitative estimate of drug-likeness (QED) is 0.0770. The summed E-state index contributed by atoms with van der Waals surface area (Å²) in [4.78, 5) is 24.9. The van der Waals surface area contributed by atoms with Crippen molar-refractivity contribution in [1.82, 2.24) is 5.32 Å². The van der Waals surface area contributed by atoms with E-state index < -0.39 is 22.2 Å². The molecular formula is C35H40FN2O9S+. The Balaban J connectivity index is 1.21. The molecule has 13 heteroatoms. The Morgan fingerprint density at radius 1 is 1.02 bits per heavy atom. The number of esters is 1. The number of hydrogen-bond acceptors (Lipinski definition) is 8. The highest BCUT2D eigenvalue weighted by atomic mass is 32.3. The zero-order chi connectivity index (χ0) is 34.3. The molecule has 1 heterocycles. The Morgan fingerprint density at radius 3 is 2.40 bits per heavy atom. The number of ether oxygens (including phenoxy) is 4. The minimum Gasteiger partial charge on any atom is -0.491 e. The number of halogens is 1. The van der Waals surface area contributed by atoms with Crippen molar-refractivity contribution in [2.75, 3.05) is 63.8 Å². The zero-order valence-corrected chi connectivity index (χ0v) is 28.0. The van der Waals surface area contributed by atoms with E-state index in [1.807, 2.05) is 6.07 Å². The van der Waals surface area contributed by atoms with Crippen LogP contribution >= 0.6 is 0 Å². The van der Waals surface area contributed by atoms with Crippen molar-refractivity contribution in [2.45, 2.75) is 25.7 Å². The topological polar surface area (TPSA) is 137 Å². The van der Waals surface area contributed by atoms with Crippen molar-refractivity contribution in [3.63, 3.8) is 0 Å². The summed E-state index contributed by atoms with van der Waals surface area (Å²) in [5.74, 6) is -0.196. The van der Waals surface area contributed by atoms with Crippen molar-refractivity contribution in [3.8, 4) is 17.1 Å². The molecule has 2 N–H and O–H groups in total. The van der Waals surface area contributed by atoms with Crippen molar-refractivity contribution < 1.29 is 46.1 Å². The predicted molar refractivity (Wildman–Crippen MR) is 180 cm³/mol. The molecule has 1 aromatic heterocycles. The molecule has 1 aliphatic rings. The highest BCUT2D eigenvalue weighted by molar-refractivity contribution is 7.98. The number of rotatable bonds is 17. The molecule has 4 aromatic rings. The number of furan rings is 1. The van der Waals surface area contributed by atoms with E-state index in [2.05, 4.69) is 5.32 Å². The van der Waals surface area contributed by atoms with Gasteiger partial charge in [0.25, 0.3) is 5.91 Å². The average molecular weight is 684 g/mol. The first-order chi connectivity index (χ1) is 23.1. The molecule has 11 nitrogen and oxygen atoms in total. The van der Waals surface area contributed by atoms with Crippen LogP contribution in [0, 0.1) is 5.82 Å². The van der Waals surface area contributed by atoms with Gasteiger partial charge >= 0.3 is 16.4 Å². The van der Waals surface area contributed by atoms with Crippen LogP contribution in [-0.4, -0.2) is 75.9 Å². The Hall–Kier alpha value is -4.30. The van der Waals surface area contributed by atoms with Gasteiger partial charge in [-0.05, 0) is 84.0 Å². The first-order valence-electron chi connectivity index (χ1n) is 15.7. The molecule has 256 valence electrons. The van der Waals surface area contributed by atoms with E-state index in [0.717, 1.165) is 18.4 Å². The number of amides is 1. The molecule has 3 aromatic carbocycles. The first kappa shape index (κ1) is 35.0. The van der Waals surface area contributed by atoms with Gasteiger partial charge in [-0.3, -0.25) is 4.79 Å². The van der Waals surface area contributed by atoms with Gasteiger partial charge in [0, 0.05) is 24.1 Å². The van der Waals surface area contributed by atoms with Crippen LogP contribution in [0.25, 0.3) is 22.3 Å². The van der Waals surface area contributed by atoms with Crippen molar-refractivity contribution in [1.29, 1.82) is 0 Å². The zero-order valence-electron chi connectivity index (χ0n) is 27.2. The van der Waals surface area contributed by atoms with E-state index in [-0.39, 0.29) is 50.6 Å². The largest absolute Gasteiger partial charge is 0.491 e. The standard InChI is InChI=1S/C35H39FN2O9S/c1-4-45-35(40)25-6-5-7-27(20-25)46-19-18-44-17-16-43-15-14-38(48(3,41)42)30-22-31-29(21-28(30)23-8-9-23)32(34(39)37-2)33(47-31)24-10-12-26(36)13-11-24/h5-7,10-13,20-23H,4,8-9,14-19H2,1-3H3,(H-,37,39,41,42)/p+1. The van der Waals surface area contributed by atoms with Gasteiger partial charge in [-0.2, -0.15) is 8.86 Å². The minimum absolute atomic E-state index is 0.116. The normalized spacial score (nSPS) is 14.0. The monoisotopic (exact) mass is 683 g/mol. The molecule has 0 bridgehead atoms. The lowest BCUT2D eigenvalue weighted by molar-refractivity contribution is 0.0388. The number of nitrogens with zero attached hydrogens (tertiary/aromatic N) is 1. The molecular weight excluding hydrogens is 643 g/mol. The smallest absolute Gasteiger partial charge is 0.338 e. The number of carbonyl (C=O) groups is 2. The molecule has 48 heavy (non-hydrogen) atoms. The maximum atomic E-state index is 13.7. The van der Waals surface area contributed by atoms with Crippen LogP contribution in [0.5, 0.6) is 5.75 Å². The second-order valence-electron chi connectivity index (χ2n) is 11.3. The number of fused-ring (bicyclic) bond motifs is 1. The highest BCUT2D eigenvalue weighted by Crippen LogP contribution is 2.48. The molecule has 1 fully saturated rings. The van der Waals surface area contributed by atoms with Crippen LogP contribution in [0.2, 0.25) is 0 Å². The van der Waals surface area contributed by atoms with Gasteiger partial charge < -0.3 is 28.7 Å². The van der Waals surface area contributed by atoms with Gasteiger partial charge in [0.05, 0.1) is 56.4 Å². The van der Waals surface area contributed by atoms with Crippen LogP contribution in [0.3, 0.4) is 0 Å². The van der Waals surface area contributed by atoms with Gasteiger partial charge in [0.2, 0.25) is 0 Å². The van der Waals surface area contributed by atoms with E-state index in [1.165, 1.54) is 29.7 Å². The fourth-order valence-corrected chi connectivity index (χ4v) is 6.27. The lowest BCUT2D eigenvalue weighted by atomic mass is 10.0. The molecule has 1 unspecified atom stereocenters. The van der Waals surface area contributed by atoms with Gasteiger partial charge in [-0.15, -0.1) is 0 Å². The third-order valence-electron chi connectivity index (χ3n) is 7.74. The van der Waals surface area contributed by atoms with Crippen LogP contribution in [0.1, 0.15) is 52.0 Å². The molecule has 5 rings (SSSR count). The lowest BCUT2D eigenvalue weighted by Gasteiger charge is -2.23. The van der Waals surface area contributed by atoms with Gasteiger partial charge in [0.15, 0.2) is 6.26 Å². The molecule has 1 amide bonds. The van der Waals surface area contributed by atoms with Crippen LogP contribution in [0.15, 0.2) is 65.1 Å². The SMILES string of the molecule is CCOC(=O)c1cccc(OCCOCCOCCN(c2cc3oc(-c4ccc(F)cc4)c(C(=O)NC)c3cc2C2CC2)[S+](C)(=O)O)c1. The van der Waals surface area contributed by atoms with E-state index in [4.69, 9.17) is 23.4 Å². The Morgan fingerprint density at radius 2 is 1.73 bits per heavy atom. The third-order valence-corrected chi connectivity index (χ3v) is 8.94. The molecule has 0 aliphatic heterocycles. The van der Waals surface area contributed by atoms with E-state index >= 15 is 0 Å². The average Bonchev–Trinajstić information content (AvgIpc) is 3.85. The summed E-state index contributed by atoms with van der Waals surface area (Å²) in [7, 11) is -1.95. The highest BCUT2D eigenvalue weighted by Gasteiger charge is 2.37. The van der Waals surface area contributed by atoms with Crippen molar-refractivity contribution >= 4 is 38.9 Å². The number of anilines is 1. The number of benzene rings is 3. The summed E-state index contributed by atoms with van der Waals surface area (Å²) in [5.41, 5.74) is 3.01.